The van der Waals surface area contributed by atoms with Gasteiger partial charge in [-0.25, -0.2) is 9.59 Å². The standard InChI is InChI=1S/C30H42N2O6/c1-9-30(17-15-24(33)37-28(2,3)4)16-12-18-32-23(26(34)36-8)19-21(25(30)32)20-13-10-11-14-22(20)31-27(35)38-29(5,6)7/h10-11,13-14,19H,9,12,15-18H2,1-8H3,(H,31,35). The Balaban J connectivity index is 2.12. The van der Waals surface area contributed by atoms with Crippen LogP contribution in [0.5, 0.6) is 0 Å². The Kier molecular flexibility index (Phi) is 8.64. The maximum atomic E-state index is 12.9. The smallest absolute Gasteiger partial charge is 0.412 e. The summed E-state index contributed by atoms with van der Waals surface area (Å²) in [5.74, 6) is -0.662. The summed E-state index contributed by atoms with van der Waals surface area (Å²) in [4.78, 5) is 38.2. The fourth-order valence-electron chi connectivity index (χ4n) is 5.26. The van der Waals surface area contributed by atoms with Gasteiger partial charge in [0.2, 0.25) is 0 Å². The number of rotatable bonds is 7. The minimum absolute atomic E-state index is 0.240. The molecule has 0 fully saturated rings. The third-order valence-electron chi connectivity index (χ3n) is 6.79. The Hall–Kier alpha value is -3.29. The summed E-state index contributed by atoms with van der Waals surface area (Å²) in [6, 6.07) is 9.33. The Morgan fingerprint density at radius 1 is 1.00 bits per heavy atom. The summed E-state index contributed by atoms with van der Waals surface area (Å²) >= 11 is 0. The molecule has 1 amide bonds. The van der Waals surface area contributed by atoms with Crippen LogP contribution in [0.3, 0.4) is 0 Å². The number of anilines is 1. The number of carbonyl (C=O) groups excluding carboxylic acids is 3. The number of fused-ring (bicyclic) bond motifs is 1. The molecule has 1 aromatic carbocycles. The highest BCUT2D eigenvalue weighted by Crippen LogP contribution is 2.48. The molecular weight excluding hydrogens is 484 g/mol. The van der Waals surface area contributed by atoms with Gasteiger partial charge in [0.1, 0.15) is 16.9 Å². The topological polar surface area (TPSA) is 95.9 Å². The number of carbonyl (C=O) groups is 3. The number of nitrogens with zero attached hydrogens (tertiary/aromatic N) is 1. The van der Waals surface area contributed by atoms with Crippen LogP contribution in [-0.4, -0.2) is 40.9 Å². The van der Waals surface area contributed by atoms with E-state index in [1.807, 2.05) is 76.4 Å². The van der Waals surface area contributed by atoms with Crippen LogP contribution in [0.1, 0.15) is 96.8 Å². The maximum Gasteiger partial charge on any atom is 0.412 e. The number of methoxy groups -OCH3 is 1. The van der Waals surface area contributed by atoms with Gasteiger partial charge in [0.25, 0.3) is 0 Å². The highest BCUT2D eigenvalue weighted by atomic mass is 16.6. The predicted molar refractivity (Wildman–Crippen MR) is 147 cm³/mol. The molecule has 8 heteroatoms. The van der Waals surface area contributed by atoms with Crippen LogP contribution in [0.25, 0.3) is 11.1 Å². The van der Waals surface area contributed by atoms with Crippen molar-refractivity contribution in [3.63, 3.8) is 0 Å². The number of aromatic nitrogens is 1. The summed E-state index contributed by atoms with van der Waals surface area (Å²) in [5, 5.41) is 2.89. The zero-order chi connectivity index (χ0) is 28.3. The van der Waals surface area contributed by atoms with Crippen molar-refractivity contribution in [3.05, 3.63) is 41.7 Å². The van der Waals surface area contributed by atoms with E-state index in [9.17, 15) is 14.4 Å². The Morgan fingerprint density at radius 2 is 1.66 bits per heavy atom. The molecule has 1 aromatic heterocycles. The van der Waals surface area contributed by atoms with Crippen molar-refractivity contribution in [2.45, 2.75) is 104 Å². The van der Waals surface area contributed by atoms with Gasteiger partial charge in [0.05, 0.1) is 12.8 Å². The first-order valence-electron chi connectivity index (χ1n) is 13.3. The average Bonchev–Trinajstić information content (AvgIpc) is 3.21. The van der Waals surface area contributed by atoms with Crippen molar-refractivity contribution in [3.8, 4) is 11.1 Å². The van der Waals surface area contributed by atoms with E-state index in [1.54, 1.807) is 0 Å². The average molecular weight is 527 g/mol. The number of para-hydroxylation sites is 1. The fraction of sp³-hybridized carbons (Fsp3) is 0.567. The summed E-state index contributed by atoms with van der Waals surface area (Å²) in [7, 11) is 1.37. The fourth-order valence-corrected chi connectivity index (χ4v) is 5.26. The molecule has 1 aliphatic rings. The molecule has 0 radical (unpaired) electrons. The first kappa shape index (κ1) is 29.3. The van der Waals surface area contributed by atoms with Gasteiger partial charge >= 0.3 is 18.0 Å². The second-order valence-corrected chi connectivity index (χ2v) is 11.9. The third-order valence-corrected chi connectivity index (χ3v) is 6.79. The second kappa shape index (κ2) is 11.2. The monoisotopic (exact) mass is 526 g/mol. The molecule has 8 nitrogen and oxygen atoms in total. The van der Waals surface area contributed by atoms with Crippen molar-refractivity contribution in [2.75, 3.05) is 12.4 Å². The molecule has 2 heterocycles. The van der Waals surface area contributed by atoms with Gasteiger partial charge in [-0.15, -0.1) is 0 Å². The van der Waals surface area contributed by atoms with Gasteiger partial charge in [0.15, 0.2) is 0 Å². The number of amides is 1. The summed E-state index contributed by atoms with van der Waals surface area (Å²) < 4.78 is 18.3. The van der Waals surface area contributed by atoms with Crippen molar-refractivity contribution in [2.24, 2.45) is 0 Å². The number of benzene rings is 1. The predicted octanol–water partition coefficient (Wildman–Crippen LogP) is 6.85. The van der Waals surface area contributed by atoms with Crippen molar-refractivity contribution < 1.29 is 28.6 Å². The van der Waals surface area contributed by atoms with Crippen molar-refractivity contribution in [1.29, 1.82) is 0 Å². The van der Waals surface area contributed by atoms with Crippen LogP contribution in [0.2, 0.25) is 0 Å². The molecule has 1 aliphatic heterocycles. The van der Waals surface area contributed by atoms with E-state index < -0.39 is 23.3 Å². The van der Waals surface area contributed by atoms with E-state index in [0.717, 1.165) is 36.1 Å². The van der Waals surface area contributed by atoms with Crippen LogP contribution in [0.15, 0.2) is 30.3 Å². The van der Waals surface area contributed by atoms with E-state index in [4.69, 9.17) is 14.2 Å². The Morgan fingerprint density at radius 3 is 2.26 bits per heavy atom. The van der Waals surface area contributed by atoms with E-state index in [0.29, 0.717) is 24.3 Å². The molecule has 0 aliphatic carbocycles. The lowest BCUT2D eigenvalue weighted by Crippen LogP contribution is -2.36. The lowest BCUT2D eigenvalue weighted by Gasteiger charge is -2.39. The lowest BCUT2D eigenvalue weighted by molar-refractivity contribution is -0.155. The minimum Gasteiger partial charge on any atom is -0.464 e. The molecule has 0 saturated carbocycles. The van der Waals surface area contributed by atoms with Gasteiger partial charge in [-0.2, -0.15) is 0 Å². The minimum atomic E-state index is -0.647. The molecular formula is C30H42N2O6. The third kappa shape index (κ3) is 6.77. The van der Waals surface area contributed by atoms with E-state index >= 15 is 0 Å². The highest BCUT2D eigenvalue weighted by Gasteiger charge is 2.41. The molecule has 38 heavy (non-hydrogen) atoms. The Labute approximate surface area is 226 Å². The van der Waals surface area contributed by atoms with Gasteiger partial charge in [-0.1, -0.05) is 25.1 Å². The number of ether oxygens (including phenoxy) is 3. The maximum absolute atomic E-state index is 12.9. The molecule has 0 spiro atoms. The molecule has 0 bridgehead atoms. The molecule has 0 saturated heterocycles. The van der Waals surface area contributed by atoms with Crippen LogP contribution in [0.4, 0.5) is 10.5 Å². The second-order valence-electron chi connectivity index (χ2n) is 11.9. The van der Waals surface area contributed by atoms with Crippen molar-refractivity contribution in [1.82, 2.24) is 4.57 Å². The van der Waals surface area contributed by atoms with Crippen LogP contribution >= 0.6 is 0 Å². The van der Waals surface area contributed by atoms with Gasteiger partial charge in [-0.05, 0) is 79.4 Å². The molecule has 1 atom stereocenters. The largest absolute Gasteiger partial charge is 0.464 e. The van der Waals surface area contributed by atoms with Gasteiger partial charge in [-0.3, -0.25) is 10.1 Å². The summed E-state index contributed by atoms with van der Waals surface area (Å²) in [6.07, 6.45) is 2.79. The number of esters is 2. The quantitative estimate of drug-likeness (QED) is 0.313. The molecule has 208 valence electrons. The normalized spacial score (nSPS) is 17.4. The lowest BCUT2D eigenvalue weighted by atomic mass is 9.70. The van der Waals surface area contributed by atoms with Crippen LogP contribution in [-0.2, 0) is 31.0 Å². The van der Waals surface area contributed by atoms with Gasteiger partial charge in [0, 0.05) is 35.2 Å². The first-order chi connectivity index (χ1) is 17.7. The van der Waals surface area contributed by atoms with E-state index in [-0.39, 0.29) is 17.8 Å². The number of hydrogen-bond acceptors (Lipinski definition) is 6. The zero-order valence-electron chi connectivity index (χ0n) is 24.0. The molecule has 3 rings (SSSR count). The van der Waals surface area contributed by atoms with Crippen LogP contribution in [0, 0.1) is 0 Å². The van der Waals surface area contributed by atoms with E-state index in [1.165, 1.54) is 7.11 Å². The molecule has 1 N–H and O–H groups in total. The zero-order valence-corrected chi connectivity index (χ0v) is 24.0. The number of nitrogens with one attached hydrogen (secondary N) is 1. The first-order valence-corrected chi connectivity index (χ1v) is 13.3. The van der Waals surface area contributed by atoms with Gasteiger partial charge < -0.3 is 18.8 Å². The van der Waals surface area contributed by atoms with Crippen LogP contribution < -0.4 is 5.32 Å². The Bertz CT molecular complexity index is 1180. The number of hydrogen-bond donors (Lipinski definition) is 1. The summed E-state index contributed by atoms with van der Waals surface area (Å²) in [5.41, 5.74) is 2.05. The van der Waals surface area contributed by atoms with E-state index in [2.05, 4.69) is 12.2 Å². The summed E-state index contributed by atoms with van der Waals surface area (Å²) in [6.45, 7) is 13.8. The van der Waals surface area contributed by atoms with Crippen molar-refractivity contribution >= 4 is 23.7 Å². The SMILES string of the molecule is CCC1(CCC(=O)OC(C)(C)C)CCCn2c(C(=O)OC)cc(-c3ccccc3NC(=O)OC(C)(C)C)c21. The highest BCUT2D eigenvalue weighted by molar-refractivity contribution is 5.95. The molecule has 2 aromatic rings. The molecule has 1 unspecified atom stereocenters.